The highest BCUT2D eigenvalue weighted by Gasteiger charge is 2.19. The van der Waals surface area contributed by atoms with Gasteiger partial charge >= 0.3 is 0 Å². The van der Waals surface area contributed by atoms with Crippen LogP contribution in [-0.4, -0.2) is 57.2 Å². The molecule has 144 valence electrons. The molecule has 5 heteroatoms. The molecule has 27 heavy (non-hydrogen) atoms. The van der Waals surface area contributed by atoms with Gasteiger partial charge in [-0.05, 0) is 48.7 Å². The smallest absolute Gasteiger partial charge is 0.234 e. The van der Waals surface area contributed by atoms with Gasteiger partial charge in [0.1, 0.15) is 5.75 Å². The maximum Gasteiger partial charge on any atom is 0.234 e. The normalized spacial score (nSPS) is 14.8. The minimum atomic E-state index is 0.112. The second-order valence-corrected chi connectivity index (χ2v) is 6.99. The molecule has 0 atom stereocenters. The molecule has 3 rings (SSSR count). The largest absolute Gasteiger partial charge is 0.497 e. The van der Waals surface area contributed by atoms with Crippen LogP contribution in [0.3, 0.4) is 0 Å². The van der Waals surface area contributed by atoms with Gasteiger partial charge in [0.15, 0.2) is 0 Å². The molecule has 1 heterocycles. The lowest BCUT2D eigenvalue weighted by molar-refractivity contribution is -0.122. The molecule has 1 aliphatic rings. The zero-order chi connectivity index (χ0) is 19.1. The van der Waals surface area contributed by atoms with Gasteiger partial charge in [-0.25, -0.2) is 0 Å². The van der Waals surface area contributed by atoms with Crippen LogP contribution in [0.15, 0.2) is 48.5 Å². The van der Waals surface area contributed by atoms with Crippen LogP contribution in [0.25, 0.3) is 0 Å². The number of piperazine rings is 1. The molecular formula is C22H29N3O2. The van der Waals surface area contributed by atoms with Crippen molar-refractivity contribution in [3.05, 3.63) is 59.7 Å². The SMILES string of the molecule is COc1ccc(N2CCN(CC(=O)NCCc3ccccc3C)CC2)cc1. The van der Waals surface area contributed by atoms with E-state index < -0.39 is 0 Å². The van der Waals surface area contributed by atoms with Crippen molar-refractivity contribution >= 4 is 11.6 Å². The van der Waals surface area contributed by atoms with Crippen LogP contribution in [0.1, 0.15) is 11.1 Å². The van der Waals surface area contributed by atoms with Crippen molar-refractivity contribution in [2.45, 2.75) is 13.3 Å². The molecule has 2 aromatic carbocycles. The third-order valence-electron chi connectivity index (χ3n) is 5.15. The topological polar surface area (TPSA) is 44.8 Å². The lowest BCUT2D eigenvalue weighted by Crippen LogP contribution is -2.49. The second kappa shape index (κ2) is 9.42. The zero-order valence-corrected chi connectivity index (χ0v) is 16.3. The van der Waals surface area contributed by atoms with Crippen LogP contribution in [-0.2, 0) is 11.2 Å². The summed E-state index contributed by atoms with van der Waals surface area (Å²) in [5.41, 5.74) is 3.78. The molecule has 0 aliphatic carbocycles. The van der Waals surface area contributed by atoms with E-state index in [1.165, 1.54) is 16.8 Å². The quantitative estimate of drug-likeness (QED) is 0.817. The van der Waals surface area contributed by atoms with Gasteiger partial charge in [-0.2, -0.15) is 0 Å². The van der Waals surface area contributed by atoms with Gasteiger partial charge in [-0.1, -0.05) is 24.3 Å². The summed E-state index contributed by atoms with van der Waals surface area (Å²) >= 11 is 0. The van der Waals surface area contributed by atoms with E-state index in [1.807, 2.05) is 24.3 Å². The number of ether oxygens (including phenoxy) is 1. The Balaban J connectivity index is 1.38. The van der Waals surface area contributed by atoms with Gasteiger partial charge in [-0.15, -0.1) is 0 Å². The summed E-state index contributed by atoms with van der Waals surface area (Å²) < 4.78 is 5.21. The number of nitrogens with one attached hydrogen (secondary N) is 1. The van der Waals surface area contributed by atoms with Crippen LogP contribution < -0.4 is 15.0 Å². The summed E-state index contributed by atoms with van der Waals surface area (Å²) in [4.78, 5) is 16.8. The number of rotatable bonds is 7. The fourth-order valence-electron chi connectivity index (χ4n) is 3.44. The number of benzene rings is 2. The summed E-state index contributed by atoms with van der Waals surface area (Å²) in [6, 6.07) is 16.5. The minimum absolute atomic E-state index is 0.112. The third kappa shape index (κ3) is 5.47. The molecule has 0 aromatic heterocycles. The standard InChI is InChI=1S/C22H29N3O2/c1-18-5-3-4-6-19(18)11-12-23-22(26)17-24-13-15-25(16-14-24)20-7-9-21(27-2)10-8-20/h3-10H,11-17H2,1-2H3,(H,23,26). The van der Waals surface area contributed by atoms with Crippen molar-refractivity contribution < 1.29 is 9.53 Å². The minimum Gasteiger partial charge on any atom is -0.497 e. The van der Waals surface area contributed by atoms with E-state index in [9.17, 15) is 4.79 Å². The number of carbonyl (C=O) groups excluding carboxylic acids is 1. The Kier molecular flexibility index (Phi) is 6.71. The van der Waals surface area contributed by atoms with E-state index in [1.54, 1.807) is 7.11 Å². The Hall–Kier alpha value is -2.53. The van der Waals surface area contributed by atoms with Crippen molar-refractivity contribution in [2.75, 3.05) is 51.3 Å². The summed E-state index contributed by atoms with van der Waals surface area (Å²) in [6.07, 6.45) is 0.879. The van der Waals surface area contributed by atoms with E-state index in [-0.39, 0.29) is 5.91 Å². The average molecular weight is 367 g/mol. The van der Waals surface area contributed by atoms with Crippen LogP contribution in [0, 0.1) is 6.92 Å². The average Bonchev–Trinajstić information content (AvgIpc) is 2.70. The Bertz CT molecular complexity index is 737. The van der Waals surface area contributed by atoms with E-state index in [4.69, 9.17) is 4.74 Å². The molecule has 1 fully saturated rings. The van der Waals surface area contributed by atoms with Crippen molar-refractivity contribution in [3.8, 4) is 5.75 Å². The van der Waals surface area contributed by atoms with Crippen LogP contribution in [0.2, 0.25) is 0 Å². The number of amides is 1. The van der Waals surface area contributed by atoms with Crippen LogP contribution in [0.4, 0.5) is 5.69 Å². The number of hydrogen-bond acceptors (Lipinski definition) is 4. The van der Waals surface area contributed by atoms with Gasteiger partial charge in [0.2, 0.25) is 5.91 Å². The summed E-state index contributed by atoms with van der Waals surface area (Å²) in [6.45, 7) is 6.94. The number of carbonyl (C=O) groups is 1. The second-order valence-electron chi connectivity index (χ2n) is 6.99. The van der Waals surface area contributed by atoms with Crippen molar-refractivity contribution in [2.24, 2.45) is 0 Å². The molecule has 1 amide bonds. The number of aryl methyl sites for hydroxylation is 1. The molecule has 0 spiro atoms. The predicted molar refractivity (Wildman–Crippen MR) is 110 cm³/mol. The maximum absolute atomic E-state index is 12.2. The van der Waals surface area contributed by atoms with Crippen molar-refractivity contribution in [3.63, 3.8) is 0 Å². The van der Waals surface area contributed by atoms with Gasteiger partial charge in [0, 0.05) is 38.4 Å². The maximum atomic E-state index is 12.2. The van der Waals surface area contributed by atoms with E-state index >= 15 is 0 Å². The number of hydrogen-bond donors (Lipinski definition) is 1. The molecular weight excluding hydrogens is 338 g/mol. The lowest BCUT2D eigenvalue weighted by atomic mass is 10.1. The monoisotopic (exact) mass is 367 g/mol. The first-order valence-electron chi connectivity index (χ1n) is 9.58. The molecule has 0 saturated carbocycles. The van der Waals surface area contributed by atoms with E-state index in [2.05, 4.69) is 46.3 Å². The Morgan fingerprint density at radius 2 is 1.74 bits per heavy atom. The highest BCUT2D eigenvalue weighted by Crippen LogP contribution is 2.20. The first-order chi connectivity index (χ1) is 13.2. The number of anilines is 1. The summed E-state index contributed by atoms with van der Waals surface area (Å²) in [5.74, 6) is 0.987. The molecule has 0 radical (unpaired) electrons. The van der Waals surface area contributed by atoms with Crippen molar-refractivity contribution in [1.82, 2.24) is 10.2 Å². The number of methoxy groups -OCH3 is 1. The Morgan fingerprint density at radius 1 is 1.04 bits per heavy atom. The molecule has 2 aromatic rings. The van der Waals surface area contributed by atoms with Gasteiger partial charge in [0.05, 0.1) is 13.7 Å². The van der Waals surface area contributed by atoms with Crippen LogP contribution in [0.5, 0.6) is 5.75 Å². The lowest BCUT2D eigenvalue weighted by Gasteiger charge is -2.35. The van der Waals surface area contributed by atoms with Gasteiger partial charge < -0.3 is 15.0 Å². The summed E-state index contributed by atoms with van der Waals surface area (Å²) in [5, 5.41) is 3.05. The molecule has 0 unspecified atom stereocenters. The first-order valence-corrected chi connectivity index (χ1v) is 9.58. The molecule has 0 bridgehead atoms. The molecule has 5 nitrogen and oxygen atoms in total. The van der Waals surface area contributed by atoms with Gasteiger partial charge in [-0.3, -0.25) is 9.69 Å². The molecule has 1 N–H and O–H groups in total. The zero-order valence-electron chi connectivity index (χ0n) is 16.3. The first kappa shape index (κ1) is 19.2. The number of nitrogens with zero attached hydrogens (tertiary/aromatic N) is 2. The predicted octanol–water partition coefficient (Wildman–Crippen LogP) is 2.48. The van der Waals surface area contributed by atoms with Crippen molar-refractivity contribution in [1.29, 1.82) is 0 Å². The highest BCUT2D eigenvalue weighted by atomic mass is 16.5. The molecule has 1 aliphatic heterocycles. The summed E-state index contributed by atoms with van der Waals surface area (Å²) in [7, 11) is 1.68. The Morgan fingerprint density at radius 3 is 2.41 bits per heavy atom. The fraction of sp³-hybridized carbons (Fsp3) is 0.409. The van der Waals surface area contributed by atoms with Gasteiger partial charge in [0.25, 0.3) is 0 Å². The van der Waals surface area contributed by atoms with E-state index in [0.29, 0.717) is 13.1 Å². The van der Waals surface area contributed by atoms with Crippen LogP contribution >= 0.6 is 0 Å². The molecule has 1 saturated heterocycles. The third-order valence-corrected chi connectivity index (χ3v) is 5.15. The Labute approximate surface area is 161 Å². The highest BCUT2D eigenvalue weighted by molar-refractivity contribution is 5.78. The fourth-order valence-corrected chi connectivity index (χ4v) is 3.44. The van der Waals surface area contributed by atoms with E-state index in [0.717, 1.165) is 38.3 Å².